The molecule has 4 heterocycles. The molecule has 0 saturated carbocycles. The molecule has 0 spiro atoms. The number of aromatic nitrogens is 4. The Bertz CT molecular complexity index is 1820. The monoisotopic (exact) mass is 708 g/mol. The number of carbonyl (C=O) groups excluding carboxylic acids is 1. The van der Waals surface area contributed by atoms with Gasteiger partial charge in [-0.2, -0.15) is 4.98 Å². The minimum absolute atomic E-state index is 0.110. The largest absolute Gasteiger partial charge is 0.494 e. The van der Waals surface area contributed by atoms with Crippen molar-refractivity contribution in [1.82, 2.24) is 29.7 Å². The van der Waals surface area contributed by atoms with Crippen LogP contribution in [0.2, 0.25) is 0 Å². The van der Waals surface area contributed by atoms with Crippen LogP contribution < -0.4 is 25.4 Å². The molecule has 6 rings (SSSR count). The van der Waals surface area contributed by atoms with E-state index in [1.807, 2.05) is 36.1 Å². The van der Waals surface area contributed by atoms with Gasteiger partial charge in [-0.25, -0.2) is 4.98 Å². The van der Waals surface area contributed by atoms with Gasteiger partial charge in [0.2, 0.25) is 11.9 Å². The molecule has 2 aromatic carbocycles. The van der Waals surface area contributed by atoms with Crippen molar-refractivity contribution in [3.05, 3.63) is 52.9 Å². The van der Waals surface area contributed by atoms with Crippen LogP contribution >= 0.6 is 23.1 Å². The number of benzene rings is 2. The van der Waals surface area contributed by atoms with Gasteiger partial charge in [-0.15, -0.1) is 0 Å². The molecule has 0 radical (unpaired) electrons. The third kappa shape index (κ3) is 6.82. The summed E-state index contributed by atoms with van der Waals surface area (Å²) in [6, 6.07) is 8.02. The number of hydrogen-bond donors (Lipinski definition) is 2. The molecular weight excluding hydrogens is 671 g/mol. The molecule has 2 saturated heterocycles. The van der Waals surface area contributed by atoms with Crippen molar-refractivity contribution in [2.24, 2.45) is 0 Å². The van der Waals surface area contributed by atoms with Gasteiger partial charge in [0.05, 0.1) is 33.8 Å². The van der Waals surface area contributed by atoms with E-state index in [0.29, 0.717) is 55.7 Å². The third-order valence-electron chi connectivity index (χ3n) is 8.49. The Morgan fingerprint density at radius 2 is 1.76 bits per heavy atom. The van der Waals surface area contributed by atoms with Crippen molar-refractivity contribution in [3.8, 4) is 11.5 Å². The quantitative estimate of drug-likeness (QED) is 0.219. The van der Waals surface area contributed by atoms with E-state index in [0.717, 1.165) is 50.3 Å². The SMILES string of the molecule is COc1cc(OC2CCN(C3CN(C(C)=O)C3)CC2)c(C)cc1Nc1ncc(Br)c(Nc2ccc3nccnc3c2P(C)(C)=O)n1. The fourth-order valence-electron chi connectivity index (χ4n) is 5.98. The summed E-state index contributed by atoms with van der Waals surface area (Å²) in [6.45, 7) is 10.6. The molecule has 0 atom stereocenters. The first-order valence-electron chi connectivity index (χ1n) is 15.2. The average Bonchev–Trinajstić information content (AvgIpc) is 2.99. The van der Waals surface area contributed by atoms with E-state index in [9.17, 15) is 9.36 Å². The highest BCUT2D eigenvalue weighted by Crippen LogP contribution is 2.41. The van der Waals surface area contributed by atoms with Crippen LogP contribution in [-0.2, 0) is 9.36 Å². The Balaban J connectivity index is 1.16. The molecule has 2 aliphatic rings. The van der Waals surface area contributed by atoms with Gasteiger partial charge in [-0.05, 0) is 72.8 Å². The molecule has 4 aromatic rings. The van der Waals surface area contributed by atoms with Gasteiger partial charge in [0.25, 0.3) is 0 Å². The van der Waals surface area contributed by atoms with Gasteiger partial charge >= 0.3 is 0 Å². The van der Waals surface area contributed by atoms with E-state index in [4.69, 9.17) is 14.5 Å². The van der Waals surface area contributed by atoms with Crippen LogP contribution in [0.3, 0.4) is 0 Å². The third-order valence-corrected chi connectivity index (χ3v) is 10.6. The van der Waals surface area contributed by atoms with Crippen molar-refractivity contribution >= 4 is 68.5 Å². The van der Waals surface area contributed by atoms with Crippen LogP contribution in [0.5, 0.6) is 11.5 Å². The lowest BCUT2D eigenvalue weighted by molar-refractivity contribution is -0.136. The van der Waals surface area contributed by atoms with Gasteiger partial charge in [0.15, 0.2) is 0 Å². The van der Waals surface area contributed by atoms with Crippen molar-refractivity contribution in [3.63, 3.8) is 0 Å². The number of halogens is 1. The Morgan fingerprint density at radius 1 is 1.02 bits per heavy atom. The predicted octanol–water partition coefficient (Wildman–Crippen LogP) is 5.31. The van der Waals surface area contributed by atoms with E-state index < -0.39 is 7.14 Å². The van der Waals surface area contributed by atoms with E-state index in [1.54, 1.807) is 46.0 Å². The van der Waals surface area contributed by atoms with Crippen molar-refractivity contribution in [2.75, 3.05) is 57.3 Å². The second-order valence-electron chi connectivity index (χ2n) is 12.1. The lowest BCUT2D eigenvalue weighted by Gasteiger charge is -2.47. The first-order chi connectivity index (χ1) is 22.0. The maximum Gasteiger partial charge on any atom is 0.229 e. The molecule has 2 aliphatic heterocycles. The zero-order valence-corrected chi connectivity index (χ0v) is 29.1. The van der Waals surface area contributed by atoms with E-state index >= 15 is 0 Å². The highest BCUT2D eigenvalue weighted by molar-refractivity contribution is 9.10. The summed E-state index contributed by atoms with van der Waals surface area (Å²) in [7, 11) is -1.13. The van der Waals surface area contributed by atoms with Gasteiger partial charge in [-0.3, -0.25) is 19.7 Å². The Hall–Kier alpha value is -3.80. The number of hydrogen-bond acceptors (Lipinski definition) is 11. The number of rotatable bonds is 9. The zero-order chi connectivity index (χ0) is 32.6. The number of piperidine rings is 1. The fourth-order valence-corrected chi connectivity index (χ4v) is 7.66. The van der Waals surface area contributed by atoms with E-state index in [-0.39, 0.29) is 12.0 Å². The summed E-state index contributed by atoms with van der Waals surface area (Å²) in [6.07, 6.45) is 6.84. The molecule has 242 valence electrons. The topological polar surface area (TPSA) is 135 Å². The summed E-state index contributed by atoms with van der Waals surface area (Å²) in [5, 5.41) is 7.24. The van der Waals surface area contributed by atoms with Crippen LogP contribution in [0.4, 0.5) is 23.1 Å². The number of carbonyl (C=O) groups is 1. The number of fused-ring (bicyclic) bond motifs is 1. The first-order valence-corrected chi connectivity index (χ1v) is 18.6. The standard InChI is InChI=1S/C32H38BrN8O4P/c1-19-14-26(28(44-3)15-27(19)45-22-8-12-40(13-9-22)21-17-41(18-21)20(2)42)38-32-36-16-23(33)31(39-32)37-25-7-6-24-29(35-11-10-34-24)30(25)46(4,5)43/h6-7,10-11,14-16,21-22H,8-9,12-13,17-18H2,1-5H3,(H2,36,37,38,39). The van der Waals surface area contributed by atoms with Crippen LogP contribution in [0.25, 0.3) is 11.0 Å². The second-order valence-corrected chi connectivity index (χ2v) is 16.1. The summed E-state index contributed by atoms with van der Waals surface area (Å²) in [4.78, 5) is 33.9. The summed E-state index contributed by atoms with van der Waals surface area (Å²) < 4.78 is 26.2. The Morgan fingerprint density at radius 3 is 2.46 bits per heavy atom. The van der Waals surface area contributed by atoms with Crippen molar-refractivity contribution in [1.29, 1.82) is 0 Å². The number of methoxy groups -OCH3 is 1. The highest BCUT2D eigenvalue weighted by Gasteiger charge is 2.35. The predicted molar refractivity (Wildman–Crippen MR) is 184 cm³/mol. The van der Waals surface area contributed by atoms with Crippen LogP contribution in [-0.4, -0.2) is 94.4 Å². The molecule has 14 heteroatoms. The molecule has 0 bridgehead atoms. The Labute approximate surface area is 276 Å². The van der Waals surface area contributed by atoms with Crippen molar-refractivity contribution in [2.45, 2.75) is 38.8 Å². The van der Waals surface area contributed by atoms with Gasteiger partial charge in [-0.1, -0.05) is 0 Å². The minimum Gasteiger partial charge on any atom is -0.494 e. The van der Waals surface area contributed by atoms with E-state index in [1.165, 1.54) is 0 Å². The molecule has 2 fully saturated rings. The average molecular weight is 710 g/mol. The number of likely N-dealkylation sites (tertiary alicyclic amines) is 2. The number of nitrogens with one attached hydrogen (secondary N) is 2. The van der Waals surface area contributed by atoms with Crippen LogP contribution in [0, 0.1) is 6.92 Å². The number of anilines is 4. The van der Waals surface area contributed by atoms with Crippen molar-refractivity contribution < 1.29 is 18.8 Å². The smallest absolute Gasteiger partial charge is 0.229 e. The maximum absolute atomic E-state index is 13.4. The molecule has 2 N–H and O–H groups in total. The molecular formula is C32H38BrN8O4P. The second kappa shape index (κ2) is 13.1. The van der Waals surface area contributed by atoms with Crippen LogP contribution in [0.1, 0.15) is 25.3 Å². The summed E-state index contributed by atoms with van der Waals surface area (Å²) in [5.74, 6) is 2.38. The van der Waals surface area contributed by atoms with Gasteiger partial charge < -0.3 is 29.6 Å². The van der Waals surface area contributed by atoms with Gasteiger partial charge in [0.1, 0.15) is 36.1 Å². The zero-order valence-electron chi connectivity index (χ0n) is 26.6. The summed E-state index contributed by atoms with van der Waals surface area (Å²) >= 11 is 3.55. The number of amides is 1. The number of nitrogens with zero attached hydrogens (tertiary/aromatic N) is 6. The maximum atomic E-state index is 13.4. The molecule has 1 amide bonds. The summed E-state index contributed by atoms with van der Waals surface area (Å²) in [5.41, 5.74) is 3.56. The lowest BCUT2D eigenvalue weighted by atomic mass is 10.0. The van der Waals surface area contributed by atoms with Gasteiger partial charge in [0, 0.05) is 63.8 Å². The molecule has 46 heavy (non-hydrogen) atoms. The fraction of sp³-hybridized carbons (Fsp3) is 0.406. The molecule has 0 unspecified atom stereocenters. The van der Waals surface area contributed by atoms with E-state index in [2.05, 4.69) is 46.4 Å². The number of aryl methyl sites for hydroxylation is 1. The minimum atomic E-state index is -2.75. The normalized spacial score (nSPS) is 16.3. The highest BCUT2D eigenvalue weighted by atomic mass is 79.9. The molecule has 2 aromatic heterocycles. The number of ether oxygens (including phenoxy) is 2. The first kappa shape index (κ1) is 32.2. The van der Waals surface area contributed by atoms with Crippen LogP contribution in [0.15, 0.2) is 47.3 Å². The lowest BCUT2D eigenvalue weighted by Crippen LogP contribution is -2.62. The Kier molecular flexibility index (Phi) is 9.18. The molecule has 12 nitrogen and oxygen atoms in total. The molecule has 0 aliphatic carbocycles.